The van der Waals surface area contributed by atoms with Gasteiger partial charge in [-0.05, 0) is 70.8 Å². The van der Waals surface area contributed by atoms with Crippen molar-refractivity contribution in [3.05, 3.63) is 0 Å². The summed E-state index contributed by atoms with van der Waals surface area (Å²) in [5, 5.41) is 53.6. The maximum atomic E-state index is 13.9. The molecule has 0 aromatic heterocycles. The molecule has 0 unspecified atom stereocenters. The summed E-state index contributed by atoms with van der Waals surface area (Å²) in [7, 11) is 0. The molecular formula is C45H79N13O16S2. The molecule has 12 amide bonds. The summed E-state index contributed by atoms with van der Waals surface area (Å²) >= 11 is 7.99. The summed E-state index contributed by atoms with van der Waals surface area (Å²) in [5.74, 6) is -14.0. The summed E-state index contributed by atoms with van der Waals surface area (Å²) in [5.41, 5.74) is 16.3. The number of carbonyl (C=O) groups excluding carboxylic acids is 12. The van der Waals surface area contributed by atoms with Gasteiger partial charge in [0.15, 0.2) is 0 Å². The number of aliphatic hydroxyl groups is 2. The smallest absolute Gasteiger partial charge is 0.303 e. The molecule has 0 fully saturated rings. The van der Waals surface area contributed by atoms with Crippen LogP contribution in [-0.2, 0) is 62.3 Å². The molecular weight excluding hydrogens is 1040 g/mol. The molecule has 31 heteroatoms. The van der Waals surface area contributed by atoms with Gasteiger partial charge in [-0.1, -0.05) is 27.7 Å². The first-order valence-corrected chi connectivity index (χ1v) is 25.7. The van der Waals surface area contributed by atoms with Gasteiger partial charge in [0.2, 0.25) is 70.9 Å². The number of carboxylic acids is 1. The molecule has 0 aromatic carbocycles. The number of carboxylic acid groups (broad SMARTS) is 1. The third kappa shape index (κ3) is 27.5. The maximum Gasteiger partial charge on any atom is 0.303 e. The van der Waals surface area contributed by atoms with Crippen LogP contribution in [0, 0.1) is 11.8 Å². The van der Waals surface area contributed by atoms with Crippen molar-refractivity contribution in [2.75, 3.05) is 24.6 Å². The van der Waals surface area contributed by atoms with Crippen LogP contribution < -0.4 is 70.4 Å². The van der Waals surface area contributed by atoms with Gasteiger partial charge in [-0.3, -0.25) is 62.3 Å². The lowest BCUT2D eigenvalue weighted by molar-refractivity contribution is -0.138. The van der Waals surface area contributed by atoms with E-state index < -0.39 is 169 Å². The van der Waals surface area contributed by atoms with Crippen molar-refractivity contribution in [1.82, 2.24) is 53.2 Å². The Morgan fingerprint density at radius 2 is 0.895 bits per heavy atom. The predicted octanol–water partition coefficient (Wildman–Crippen LogP) is -6.45. The van der Waals surface area contributed by atoms with Crippen molar-refractivity contribution in [1.29, 1.82) is 0 Å². The van der Waals surface area contributed by atoms with Crippen molar-refractivity contribution in [3.8, 4) is 0 Å². The molecule has 0 spiro atoms. The predicted molar refractivity (Wildman–Crippen MR) is 279 cm³/mol. The highest BCUT2D eigenvalue weighted by atomic mass is 32.1. The van der Waals surface area contributed by atoms with Crippen LogP contribution in [0.3, 0.4) is 0 Å². The van der Waals surface area contributed by atoms with Gasteiger partial charge in [-0.25, -0.2) is 0 Å². The second-order valence-electron chi connectivity index (χ2n) is 18.8. The number of aliphatic carboxylic acids is 1. The van der Waals surface area contributed by atoms with Crippen molar-refractivity contribution in [2.24, 2.45) is 29.0 Å². The topological polar surface area (TPSA) is 481 Å². The van der Waals surface area contributed by atoms with E-state index in [9.17, 15) is 77.6 Å². The van der Waals surface area contributed by atoms with Gasteiger partial charge in [-0.2, -0.15) is 25.3 Å². The third-order valence-electron chi connectivity index (χ3n) is 10.9. The zero-order chi connectivity index (χ0) is 58.6. The zero-order valence-corrected chi connectivity index (χ0v) is 45.6. The van der Waals surface area contributed by atoms with Crippen LogP contribution in [0.1, 0.15) is 99.8 Å². The lowest BCUT2D eigenvalue weighted by atomic mass is 10.0. The summed E-state index contributed by atoms with van der Waals surface area (Å²) in [6, 6.07) is -13.4. The number of primary amides is 2. The molecule has 0 saturated heterocycles. The van der Waals surface area contributed by atoms with Crippen molar-refractivity contribution in [2.45, 2.75) is 166 Å². The van der Waals surface area contributed by atoms with E-state index in [1.54, 1.807) is 27.7 Å². The van der Waals surface area contributed by atoms with Crippen LogP contribution >= 0.6 is 25.3 Å². The Balaban J connectivity index is 6.44. The van der Waals surface area contributed by atoms with Gasteiger partial charge < -0.3 is 85.7 Å². The number of aliphatic hydroxyl groups excluding tert-OH is 2. The maximum absolute atomic E-state index is 13.9. The van der Waals surface area contributed by atoms with E-state index in [4.69, 9.17) is 17.2 Å². The summed E-state index contributed by atoms with van der Waals surface area (Å²) < 4.78 is 0. The Morgan fingerprint density at radius 1 is 0.487 bits per heavy atom. The van der Waals surface area contributed by atoms with E-state index in [1.165, 1.54) is 13.8 Å². The van der Waals surface area contributed by atoms with Crippen LogP contribution in [0.4, 0.5) is 0 Å². The zero-order valence-electron chi connectivity index (χ0n) is 43.8. The molecule has 0 aromatic rings. The largest absolute Gasteiger partial charge is 0.481 e. The normalized spacial score (nSPS) is 15.4. The van der Waals surface area contributed by atoms with E-state index in [0.29, 0.717) is 6.42 Å². The molecule has 0 aliphatic carbocycles. The number of nitrogens with two attached hydrogens (primary N) is 3. The van der Waals surface area contributed by atoms with Crippen molar-refractivity contribution < 1.29 is 77.6 Å². The van der Waals surface area contributed by atoms with Crippen LogP contribution in [0.2, 0.25) is 0 Å². The van der Waals surface area contributed by atoms with Crippen LogP contribution in [0.25, 0.3) is 0 Å². The fraction of sp³-hybridized carbons (Fsp3) is 0.711. The number of unbranched alkanes of at least 4 members (excludes halogenated alkanes) is 1. The quantitative estimate of drug-likeness (QED) is 0.0203. The molecule has 432 valence electrons. The second-order valence-corrected chi connectivity index (χ2v) is 19.5. The molecule has 11 atom stereocenters. The lowest BCUT2D eigenvalue weighted by Gasteiger charge is -2.28. The molecule has 0 aliphatic heterocycles. The first-order valence-electron chi connectivity index (χ1n) is 24.4. The third-order valence-corrected chi connectivity index (χ3v) is 11.6. The van der Waals surface area contributed by atoms with Crippen LogP contribution in [0.5, 0.6) is 0 Å². The first-order chi connectivity index (χ1) is 35.4. The molecule has 0 saturated carbocycles. The molecule has 0 aliphatic rings. The summed E-state index contributed by atoms with van der Waals surface area (Å²) in [6.45, 7) is 9.56. The van der Waals surface area contributed by atoms with E-state index in [2.05, 4.69) is 78.4 Å². The average Bonchev–Trinajstić information content (AvgIpc) is 3.31. The van der Waals surface area contributed by atoms with Gasteiger partial charge in [-0.15, -0.1) is 0 Å². The molecule has 0 rings (SSSR count). The lowest BCUT2D eigenvalue weighted by Crippen LogP contribution is -2.61. The molecule has 76 heavy (non-hydrogen) atoms. The number of hydrogen-bond acceptors (Lipinski definition) is 18. The Bertz CT molecular complexity index is 2030. The van der Waals surface area contributed by atoms with E-state index in [0.717, 1.165) is 6.92 Å². The Labute approximate surface area is 451 Å². The standard InChI is InChI=1S/C45H79N13O16S2/c1-20(2)14-27(55-44(73)35(22(5)59)58-43(72)31(19-76)50-24(7)61)40(69)53-26(11-12-34(64)65)38(67)49-17-33(63)51-29(16-32(47)62)41(70)52-25(10-8-9-13-46)39(68)54-28(15-21(3)4)42(71)57-36(23(6)60)45(74)56-30(18-75)37(48)66/h20-23,25-31,35-36,59-60,75-76H,8-19,46H2,1-7H3,(H2,47,62)(H2,48,66)(H,49,67)(H,50,61)(H,51,63)(H,52,70)(H,53,69)(H,54,68)(H,55,73)(H,56,74)(H,57,71)(H,58,72)(H,64,65)/t22-,23-,25+,26+,27+,28+,29+,30+,31+,35+,36+/m1/s1. The Hall–Kier alpha value is -6.31. The van der Waals surface area contributed by atoms with E-state index >= 15 is 0 Å². The highest BCUT2D eigenvalue weighted by Crippen LogP contribution is 2.11. The molecule has 19 N–H and O–H groups in total. The fourth-order valence-electron chi connectivity index (χ4n) is 6.95. The van der Waals surface area contributed by atoms with Crippen LogP contribution in [-0.4, -0.2) is 183 Å². The second kappa shape index (κ2) is 35.9. The molecule has 0 heterocycles. The SMILES string of the molecule is CC(=O)N[C@@H](CS)C(=O)N[C@H](C(=O)N[C@@H](CC(C)C)C(=O)N[C@@H](CCC(=O)O)C(=O)NCC(=O)N[C@@H](CC(N)=O)C(=O)N[C@@H](CCCCN)C(=O)N[C@@H](CC(C)C)C(=O)N[C@H](C(=O)N[C@@H](CS)C(N)=O)[C@@H](C)O)[C@@H](C)O. The highest BCUT2D eigenvalue weighted by molar-refractivity contribution is 7.80. The van der Waals surface area contributed by atoms with Crippen LogP contribution in [0.15, 0.2) is 0 Å². The monoisotopic (exact) mass is 1120 g/mol. The number of thiol groups is 2. The van der Waals surface area contributed by atoms with Gasteiger partial charge in [0.1, 0.15) is 54.4 Å². The molecule has 0 bridgehead atoms. The fourth-order valence-corrected chi connectivity index (χ4v) is 7.48. The summed E-state index contributed by atoms with van der Waals surface area (Å²) in [6.07, 6.45) is -4.67. The van der Waals surface area contributed by atoms with E-state index in [-0.39, 0.29) is 55.6 Å². The molecule has 29 nitrogen and oxygen atoms in total. The van der Waals surface area contributed by atoms with Gasteiger partial charge >= 0.3 is 5.97 Å². The minimum absolute atomic E-state index is 0.0242. The minimum atomic E-state index is -1.78. The Kier molecular flexibility index (Phi) is 32.9. The minimum Gasteiger partial charge on any atom is -0.481 e. The number of amides is 12. The van der Waals surface area contributed by atoms with Gasteiger partial charge in [0, 0.05) is 24.9 Å². The number of carbonyl (C=O) groups is 13. The Morgan fingerprint density at radius 3 is 1.30 bits per heavy atom. The number of nitrogens with one attached hydrogen (secondary N) is 10. The number of rotatable bonds is 37. The van der Waals surface area contributed by atoms with E-state index in [1.807, 2.05) is 0 Å². The first kappa shape index (κ1) is 69.7. The van der Waals surface area contributed by atoms with Gasteiger partial charge in [0.25, 0.3) is 0 Å². The number of hydrogen-bond donors (Lipinski definition) is 18. The average molecular weight is 1120 g/mol. The van der Waals surface area contributed by atoms with Crippen molar-refractivity contribution in [3.63, 3.8) is 0 Å². The summed E-state index contributed by atoms with van der Waals surface area (Å²) in [4.78, 5) is 168. The van der Waals surface area contributed by atoms with Gasteiger partial charge in [0.05, 0.1) is 25.2 Å². The highest BCUT2D eigenvalue weighted by Gasteiger charge is 2.36. The molecule has 0 radical (unpaired) electrons. The van der Waals surface area contributed by atoms with Crippen molar-refractivity contribution >= 4 is 102 Å².